The van der Waals surface area contributed by atoms with Crippen molar-refractivity contribution in [1.29, 1.82) is 0 Å². The molecule has 9 nitrogen and oxygen atoms in total. The highest BCUT2D eigenvalue weighted by atomic mass is 19.1. The van der Waals surface area contributed by atoms with Crippen molar-refractivity contribution in [1.82, 2.24) is 19.9 Å². The van der Waals surface area contributed by atoms with Crippen LogP contribution >= 0.6 is 0 Å². The van der Waals surface area contributed by atoms with Gasteiger partial charge in [0.2, 0.25) is 11.9 Å². The molecule has 0 spiro atoms. The Balaban J connectivity index is 1.11. The van der Waals surface area contributed by atoms with Crippen LogP contribution in [0.1, 0.15) is 24.3 Å². The largest absolute Gasteiger partial charge is 0.494 e. The lowest BCUT2D eigenvalue weighted by Gasteiger charge is -2.31. The van der Waals surface area contributed by atoms with Gasteiger partial charge in [0.15, 0.2) is 11.5 Å². The van der Waals surface area contributed by atoms with Gasteiger partial charge in [0, 0.05) is 38.1 Å². The van der Waals surface area contributed by atoms with Crippen molar-refractivity contribution >= 4 is 11.9 Å². The molecule has 11 heteroatoms. The molecule has 2 saturated heterocycles. The van der Waals surface area contributed by atoms with Gasteiger partial charge < -0.3 is 25.0 Å². The van der Waals surface area contributed by atoms with Gasteiger partial charge in [-0.25, -0.2) is 28.7 Å². The minimum atomic E-state index is -0.477. The summed E-state index contributed by atoms with van der Waals surface area (Å²) >= 11 is 0. The van der Waals surface area contributed by atoms with Gasteiger partial charge in [0.25, 0.3) is 0 Å². The third-order valence-corrected chi connectivity index (χ3v) is 6.85. The molecule has 2 aromatic heterocycles. The zero-order valence-corrected chi connectivity index (χ0v) is 20.1. The fourth-order valence-electron chi connectivity index (χ4n) is 4.76. The number of nitrogens with zero attached hydrogens (tertiary/aromatic N) is 6. The van der Waals surface area contributed by atoms with Crippen molar-refractivity contribution < 1.29 is 18.3 Å². The zero-order chi connectivity index (χ0) is 25.1. The molecule has 2 N–H and O–H groups in total. The second-order valence-corrected chi connectivity index (χ2v) is 9.22. The Morgan fingerprint density at radius 1 is 0.917 bits per heavy atom. The van der Waals surface area contributed by atoms with Crippen LogP contribution in [0.3, 0.4) is 0 Å². The van der Waals surface area contributed by atoms with E-state index in [1.54, 1.807) is 31.9 Å². The summed E-state index contributed by atoms with van der Waals surface area (Å²) in [6.45, 7) is 3.17. The number of hydrogen-bond donors (Lipinski definition) is 1. The highest BCUT2D eigenvalue weighted by molar-refractivity contribution is 5.39. The normalized spacial score (nSPS) is 20.6. The molecule has 4 heterocycles. The maximum absolute atomic E-state index is 14.2. The minimum Gasteiger partial charge on any atom is -0.494 e. The number of halogens is 2. The first kappa shape index (κ1) is 24.1. The number of aromatic nitrogens is 4. The summed E-state index contributed by atoms with van der Waals surface area (Å²) in [6.07, 6.45) is 8.58. The van der Waals surface area contributed by atoms with Gasteiger partial charge >= 0.3 is 0 Å². The van der Waals surface area contributed by atoms with Gasteiger partial charge in [-0.3, -0.25) is 0 Å². The Morgan fingerprint density at radius 3 is 2.22 bits per heavy atom. The van der Waals surface area contributed by atoms with Crippen LogP contribution in [0.2, 0.25) is 0 Å². The Hall–Kier alpha value is -3.60. The maximum atomic E-state index is 14.2. The van der Waals surface area contributed by atoms with Crippen molar-refractivity contribution in [2.45, 2.75) is 24.8 Å². The molecule has 1 aromatic carbocycles. The molecule has 2 unspecified atom stereocenters. The predicted octanol–water partition coefficient (Wildman–Crippen LogP) is 2.78. The molecule has 0 radical (unpaired) electrons. The summed E-state index contributed by atoms with van der Waals surface area (Å²) in [5.74, 6) is 1.58. The molecule has 36 heavy (non-hydrogen) atoms. The van der Waals surface area contributed by atoms with Crippen molar-refractivity contribution in [2.24, 2.45) is 11.7 Å². The second kappa shape index (κ2) is 10.6. The van der Waals surface area contributed by atoms with Crippen molar-refractivity contribution in [3.05, 3.63) is 60.2 Å². The monoisotopic (exact) mass is 497 g/mol. The molecule has 2 aliphatic rings. The van der Waals surface area contributed by atoms with Gasteiger partial charge in [0.05, 0.1) is 38.5 Å². The molecule has 2 atom stereocenters. The summed E-state index contributed by atoms with van der Waals surface area (Å²) in [5.41, 5.74) is 6.54. The van der Waals surface area contributed by atoms with E-state index in [2.05, 4.69) is 24.8 Å². The second-order valence-electron chi connectivity index (χ2n) is 9.22. The highest BCUT2D eigenvalue weighted by Gasteiger charge is 2.34. The van der Waals surface area contributed by atoms with Gasteiger partial charge in [-0.2, -0.15) is 0 Å². The van der Waals surface area contributed by atoms with E-state index in [0.717, 1.165) is 38.1 Å². The molecule has 190 valence electrons. The van der Waals surface area contributed by atoms with E-state index >= 15 is 0 Å². The lowest BCUT2D eigenvalue weighted by atomic mass is 9.94. The zero-order valence-electron chi connectivity index (χ0n) is 20.1. The quantitative estimate of drug-likeness (QED) is 0.528. The van der Waals surface area contributed by atoms with E-state index in [1.807, 2.05) is 4.90 Å². The van der Waals surface area contributed by atoms with Crippen LogP contribution in [0.5, 0.6) is 11.5 Å². The summed E-state index contributed by atoms with van der Waals surface area (Å²) < 4.78 is 39.0. The van der Waals surface area contributed by atoms with E-state index in [4.69, 9.17) is 15.2 Å². The number of benzene rings is 1. The van der Waals surface area contributed by atoms with E-state index < -0.39 is 11.6 Å². The van der Waals surface area contributed by atoms with Gasteiger partial charge in [-0.05, 0) is 42.5 Å². The van der Waals surface area contributed by atoms with Gasteiger partial charge in [0.1, 0.15) is 11.6 Å². The maximum Gasteiger partial charge on any atom is 0.225 e. The van der Waals surface area contributed by atoms with Crippen LogP contribution in [0, 0.1) is 17.6 Å². The van der Waals surface area contributed by atoms with E-state index in [1.165, 1.54) is 6.07 Å². The topological polar surface area (TPSA) is 103 Å². The van der Waals surface area contributed by atoms with Crippen LogP contribution in [0.15, 0.2) is 43.0 Å². The first-order valence-corrected chi connectivity index (χ1v) is 12.0. The molecule has 5 rings (SSSR count). The first-order chi connectivity index (χ1) is 17.5. The lowest BCUT2D eigenvalue weighted by molar-refractivity contribution is 0.221. The SMILES string of the molecule is COc1cnc(N2CCC(COc3cnc(N4CC(N)C(c5cc(F)ccc5F)C4)nc3)CC2)nc1. The van der Waals surface area contributed by atoms with Gasteiger partial charge in [-0.1, -0.05) is 0 Å². The molecule has 2 aliphatic heterocycles. The van der Waals surface area contributed by atoms with E-state index in [-0.39, 0.29) is 17.5 Å². The van der Waals surface area contributed by atoms with Crippen LogP contribution < -0.4 is 25.0 Å². The molecule has 0 amide bonds. The van der Waals surface area contributed by atoms with E-state index in [0.29, 0.717) is 49.0 Å². The lowest BCUT2D eigenvalue weighted by Crippen LogP contribution is -2.36. The van der Waals surface area contributed by atoms with Crippen molar-refractivity contribution in [3.63, 3.8) is 0 Å². The Labute approximate surface area is 208 Å². The number of anilines is 2. The number of ether oxygens (including phenoxy) is 2. The van der Waals surface area contributed by atoms with Crippen molar-refractivity contribution in [3.8, 4) is 11.5 Å². The Bertz CT molecular complexity index is 1160. The summed E-state index contributed by atoms with van der Waals surface area (Å²) in [7, 11) is 1.59. The number of hydrogen-bond acceptors (Lipinski definition) is 9. The fourth-order valence-corrected chi connectivity index (χ4v) is 4.76. The van der Waals surface area contributed by atoms with Gasteiger partial charge in [-0.15, -0.1) is 0 Å². The van der Waals surface area contributed by atoms with Crippen LogP contribution in [-0.2, 0) is 0 Å². The molecule has 0 saturated carbocycles. The third kappa shape index (κ3) is 5.30. The molecular weight excluding hydrogens is 468 g/mol. The van der Waals surface area contributed by atoms with E-state index in [9.17, 15) is 8.78 Å². The standard InChI is InChI=1S/C25H29F2N7O2/c1-35-18-9-29-24(30-10-18)33-6-4-16(5-7-33)15-36-19-11-31-25(32-12-19)34-13-21(23(28)14-34)20-8-17(26)2-3-22(20)27/h2-3,8-12,16,21,23H,4-7,13-15,28H2,1H3. The number of rotatable bonds is 7. The Morgan fingerprint density at radius 2 is 1.56 bits per heavy atom. The first-order valence-electron chi connectivity index (χ1n) is 12.0. The highest BCUT2D eigenvalue weighted by Crippen LogP contribution is 2.31. The average molecular weight is 498 g/mol. The summed E-state index contributed by atoms with van der Waals surface area (Å²) in [5, 5.41) is 0. The third-order valence-electron chi connectivity index (χ3n) is 6.85. The molecule has 2 fully saturated rings. The summed E-state index contributed by atoms with van der Waals surface area (Å²) in [4.78, 5) is 21.6. The average Bonchev–Trinajstić information content (AvgIpc) is 3.30. The molecular formula is C25H29F2N7O2. The number of methoxy groups -OCH3 is 1. The minimum absolute atomic E-state index is 0.287. The fraction of sp³-hybridized carbons (Fsp3) is 0.440. The summed E-state index contributed by atoms with van der Waals surface area (Å²) in [6, 6.07) is 3.11. The number of piperidine rings is 1. The number of nitrogens with two attached hydrogens (primary N) is 1. The molecule has 0 bridgehead atoms. The smallest absolute Gasteiger partial charge is 0.225 e. The Kier molecular flexibility index (Phi) is 7.08. The van der Waals surface area contributed by atoms with Crippen LogP contribution in [0.4, 0.5) is 20.7 Å². The predicted molar refractivity (Wildman–Crippen MR) is 130 cm³/mol. The molecule has 0 aliphatic carbocycles. The molecule has 3 aromatic rings. The van der Waals surface area contributed by atoms with Crippen molar-refractivity contribution in [2.75, 3.05) is 49.7 Å². The van der Waals surface area contributed by atoms with Crippen LogP contribution in [0.25, 0.3) is 0 Å². The van der Waals surface area contributed by atoms with Crippen LogP contribution in [-0.4, -0.2) is 65.9 Å².